The maximum absolute atomic E-state index is 11.7. The van der Waals surface area contributed by atoms with Crippen LogP contribution >= 0.6 is 0 Å². The van der Waals surface area contributed by atoms with Gasteiger partial charge in [0, 0.05) is 0 Å². The first-order valence-electron chi connectivity index (χ1n) is 6.57. The number of rotatable bonds is 8. The molecule has 0 fully saturated rings. The Hall–Kier alpha value is -1.43. The van der Waals surface area contributed by atoms with Crippen molar-refractivity contribution in [1.82, 2.24) is 5.32 Å². The number of oxime groups is 1. The summed E-state index contributed by atoms with van der Waals surface area (Å²) in [5.74, 6) is -0.870. The molecule has 0 radical (unpaired) electrons. The molecule has 6 heteroatoms. The lowest BCUT2D eigenvalue weighted by atomic mass is 10.1. The van der Waals surface area contributed by atoms with Gasteiger partial charge in [0.15, 0.2) is 0 Å². The summed E-state index contributed by atoms with van der Waals surface area (Å²) < 4.78 is 4.95. The van der Waals surface area contributed by atoms with Crippen molar-refractivity contribution in [1.29, 1.82) is 0 Å². The SMILES string of the molecule is CCC[C@H](N[C@@H](C)C(=O)ON=C(C)C)C(=O)OCC. The van der Waals surface area contributed by atoms with Gasteiger partial charge in [0.25, 0.3) is 0 Å². The monoisotopic (exact) mass is 272 g/mol. The summed E-state index contributed by atoms with van der Waals surface area (Å²) in [7, 11) is 0. The third-order valence-corrected chi connectivity index (χ3v) is 2.27. The molecule has 0 bridgehead atoms. The van der Waals surface area contributed by atoms with Gasteiger partial charge in [-0.1, -0.05) is 18.5 Å². The van der Waals surface area contributed by atoms with Crippen LogP contribution in [0.2, 0.25) is 0 Å². The zero-order chi connectivity index (χ0) is 14.8. The zero-order valence-corrected chi connectivity index (χ0v) is 12.4. The van der Waals surface area contributed by atoms with E-state index in [1.165, 1.54) is 0 Å². The van der Waals surface area contributed by atoms with Crippen LogP contribution in [-0.2, 0) is 19.2 Å². The fourth-order valence-corrected chi connectivity index (χ4v) is 1.39. The minimum Gasteiger partial charge on any atom is -0.465 e. The highest BCUT2D eigenvalue weighted by atomic mass is 16.7. The molecule has 0 heterocycles. The van der Waals surface area contributed by atoms with Crippen molar-refractivity contribution in [2.45, 2.75) is 59.5 Å². The van der Waals surface area contributed by atoms with Crippen LogP contribution in [-0.4, -0.2) is 36.3 Å². The topological polar surface area (TPSA) is 77.0 Å². The summed E-state index contributed by atoms with van der Waals surface area (Å²) >= 11 is 0. The second-order valence-electron chi connectivity index (χ2n) is 4.43. The maximum Gasteiger partial charge on any atom is 0.351 e. The number of nitrogens with zero attached hydrogens (tertiary/aromatic N) is 1. The van der Waals surface area contributed by atoms with Gasteiger partial charge in [-0.05, 0) is 34.1 Å². The molecule has 0 aliphatic heterocycles. The number of nitrogens with one attached hydrogen (secondary N) is 1. The van der Waals surface area contributed by atoms with Crippen LogP contribution in [0.15, 0.2) is 5.16 Å². The number of hydrogen-bond donors (Lipinski definition) is 1. The average molecular weight is 272 g/mol. The fraction of sp³-hybridized carbons (Fsp3) is 0.769. The molecule has 1 N–H and O–H groups in total. The van der Waals surface area contributed by atoms with Crippen LogP contribution in [0.1, 0.15) is 47.5 Å². The molecule has 0 aliphatic carbocycles. The van der Waals surface area contributed by atoms with Crippen LogP contribution in [0, 0.1) is 0 Å². The Bertz CT molecular complexity index is 325. The number of carbonyl (C=O) groups excluding carboxylic acids is 2. The summed E-state index contributed by atoms with van der Waals surface area (Å²) in [6, 6.07) is -1.12. The molecule has 2 atom stereocenters. The smallest absolute Gasteiger partial charge is 0.351 e. The Balaban J connectivity index is 4.44. The van der Waals surface area contributed by atoms with Gasteiger partial charge in [-0.15, -0.1) is 0 Å². The zero-order valence-electron chi connectivity index (χ0n) is 12.4. The van der Waals surface area contributed by atoms with Gasteiger partial charge >= 0.3 is 11.9 Å². The van der Waals surface area contributed by atoms with Gasteiger partial charge in [-0.3, -0.25) is 10.1 Å². The summed E-state index contributed by atoms with van der Waals surface area (Å²) in [5, 5.41) is 6.50. The lowest BCUT2D eigenvalue weighted by Gasteiger charge is -2.19. The van der Waals surface area contributed by atoms with Crippen LogP contribution in [0.3, 0.4) is 0 Å². The fourth-order valence-electron chi connectivity index (χ4n) is 1.39. The number of carbonyl (C=O) groups is 2. The molecule has 6 nitrogen and oxygen atoms in total. The van der Waals surface area contributed by atoms with E-state index in [0.717, 1.165) is 6.42 Å². The van der Waals surface area contributed by atoms with Crippen molar-refractivity contribution in [3.8, 4) is 0 Å². The van der Waals surface area contributed by atoms with Crippen LogP contribution < -0.4 is 5.32 Å². The standard InChI is InChI=1S/C13H24N2O4/c1-6-8-11(13(17)18-7-2)14-10(5)12(16)19-15-9(3)4/h10-11,14H,6-8H2,1-5H3/t10-,11-/m0/s1. The highest BCUT2D eigenvalue weighted by Crippen LogP contribution is 2.02. The predicted molar refractivity (Wildman–Crippen MR) is 72.8 cm³/mol. The molecule has 0 aliphatic rings. The second-order valence-corrected chi connectivity index (χ2v) is 4.43. The summed E-state index contributed by atoms with van der Waals surface area (Å²) in [5.41, 5.74) is 0.649. The van der Waals surface area contributed by atoms with Gasteiger partial charge in [-0.25, -0.2) is 4.79 Å². The Kier molecular flexibility index (Phi) is 8.78. The Morgan fingerprint density at radius 3 is 2.32 bits per heavy atom. The highest BCUT2D eigenvalue weighted by Gasteiger charge is 2.24. The quantitative estimate of drug-likeness (QED) is 0.314. The normalized spacial score (nSPS) is 13.3. The predicted octanol–water partition coefficient (Wildman–Crippen LogP) is 1.64. The summed E-state index contributed by atoms with van der Waals surface area (Å²) in [4.78, 5) is 28.0. The molecule has 0 aromatic heterocycles. The second kappa shape index (κ2) is 9.49. The van der Waals surface area contributed by atoms with Crippen molar-refractivity contribution < 1.29 is 19.2 Å². The lowest BCUT2D eigenvalue weighted by Crippen LogP contribution is -2.46. The Morgan fingerprint density at radius 1 is 1.21 bits per heavy atom. The van der Waals surface area contributed by atoms with E-state index in [4.69, 9.17) is 9.57 Å². The largest absolute Gasteiger partial charge is 0.465 e. The minimum atomic E-state index is -0.621. The van der Waals surface area contributed by atoms with E-state index >= 15 is 0 Å². The van der Waals surface area contributed by atoms with E-state index in [2.05, 4.69) is 10.5 Å². The van der Waals surface area contributed by atoms with E-state index in [1.54, 1.807) is 27.7 Å². The van der Waals surface area contributed by atoms with E-state index < -0.39 is 18.1 Å². The maximum atomic E-state index is 11.7. The van der Waals surface area contributed by atoms with Gasteiger partial charge in [0.1, 0.15) is 12.1 Å². The Morgan fingerprint density at radius 2 is 1.84 bits per heavy atom. The van der Waals surface area contributed by atoms with Crippen LogP contribution in [0.25, 0.3) is 0 Å². The molecular weight excluding hydrogens is 248 g/mol. The van der Waals surface area contributed by atoms with E-state index in [1.807, 2.05) is 6.92 Å². The third kappa shape index (κ3) is 7.56. The number of esters is 1. The van der Waals surface area contributed by atoms with Gasteiger partial charge in [0.2, 0.25) is 0 Å². The van der Waals surface area contributed by atoms with Crippen molar-refractivity contribution >= 4 is 17.7 Å². The molecule has 0 saturated carbocycles. The molecule has 0 saturated heterocycles. The molecule has 110 valence electrons. The first kappa shape index (κ1) is 17.6. The van der Waals surface area contributed by atoms with Crippen molar-refractivity contribution in [3.05, 3.63) is 0 Å². The Labute approximate surface area is 114 Å². The first-order valence-corrected chi connectivity index (χ1v) is 6.57. The van der Waals surface area contributed by atoms with E-state index in [0.29, 0.717) is 18.7 Å². The lowest BCUT2D eigenvalue weighted by molar-refractivity contribution is -0.149. The molecule has 0 aromatic rings. The molecular formula is C13H24N2O4. The molecule has 0 aromatic carbocycles. The van der Waals surface area contributed by atoms with Gasteiger partial charge in [-0.2, -0.15) is 0 Å². The third-order valence-electron chi connectivity index (χ3n) is 2.27. The summed E-state index contributed by atoms with van der Waals surface area (Å²) in [6.45, 7) is 9.11. The minimum absolute atomic E-state index is 0.318. The van der Waals surface area contributed by atoms with Crippen molar-refractivity contribution in [2.24, 2.45) is 5.16 Å². The van der Waals surface area contributed by atoms with Gasteiger partial charge in [0.05, 0.1) is 12.3 Å². The van der Waals surface area contributed by atoms with E-state index in [-0.39, 0.29) is 5.97 Å². The number of hydrogen-bond acceptors (Lipinski definition) is 6. The van der Waals surface area contributed by atoms with E-state index in [9.17, 15) is 9.59 Å². The summed E-state index contributed by atoms with van der Waals surface area (Å²) in [6.07, 6.45) is 1.41. The highest BCUT2D eigenvalue weighted by molar-refractivity contribution is 5.82. The van der Waals surface area contributed by atoms with Gasteiger partial charge < -0.3 is 9.57 Å². The average Bonchev–Trinajstić information content (AvgIpc) is 2.35. The van der Waals surface area contributed by atoms with Crippen molar-refractivity contribution in [3.63, 3.8) is 0 Å². The van der Waals surface area contributed by atoms with Crippen LogP contribution in [0.4, 0.5) is 0 Å². The van der Waals surface area contributed by atoms with Crippen LogP contribution in [0.5, 0.6) is 0 Å². The molecule has 0 spiro atoms. The molecule has 0 amide bonds. The molecule has 0 rings (SSSR count). The van der Waals surface area contributed by atoms with Crippen molar-refractivity contribution in [2.75, 3.05) is 6.61 Å². The molecule has 0 unspecified atom stereocenters. The molecule has 19 heavy (non-hydrogen) atoms. The number of ether oxygens (including phenoxy) is 1. The first-order chi connectivity index (χ1) is 8.92.